The molecule has 2 aliphatic heterocycles. The van der Waals surface area contributed by atoms with Crippen LogP contribution in [0.2, 0.25) is 0 Å². The van der Waals surface area contributed by atoms with Gasteiger partial charge in [0.2, 0.25) is 0 Å². The van der Waals surface area contributed by atoms with Gasteiger partial charge in [0.25, 0.3) is 0 Å². The van der Waals surface area contributed by atoms with Crippen molar-refractivity contribution in [2.75, 3.05) is 5.32 Å². The molecule has 3 aromatic rings. The monoisotopic (exact) mass is 637 g/mol. The Balaban J connectivity index is 1.61. The van der Waals surface area contributed by atoms with Crippen molar-refractivity contribution in [3.05, 3.63) is 101 Å². The number of hydrogen-bond acceptors (Lipinski definition) is 4. The van der Waals surface area contributed by atoms with Crippen LogP contribution in [0, 0.1) is 0 Å². The van der Waals surface area contributed by atoms with Gasteiger partial charge < -0.3 is 9.88 Å². The van der Waals surface area contributed by atoms with E-state index in [-0.39, 0.29) is 11.1 Å². The van der Waals surface area contributed by atoms with Crippen LogP contribution in [0.5, 0.6) is 0 Å². The van der Waals surface area contributed by atoms with Gasteiger partial charge in [0, 0.05) is 11.4 Å². The molecule has 3 aromatic carbocycles. The Hall–Kier alpha value is -4.54. The minimum atomic E-state index is -4.48. The Bertz CT molecular complexity index is 1900. The minimum absolute atomic E-state index is 0.298. The van der Waals surface area contributed by atoms with Crippen molar-refractivity contribution in [2.45, 2.75) is 70.4 Å². The molecule has 11 heteroatoms. The van der Waals surface area contributed by atoms with Crippen molar-refractivity contribution in [3.8, 4) is 17.1 Å². The molecule has 0 saturated carbocycles. The number of piperidine rings is 1. The van der Waals surface area contributed by atoms with Crippen molar-refractivity contribution < 1.29 is 26.3 Å². The number of fused-ring (bicyclic) bond motifs is 2. The van der Waals surface area contributed by atoms with E-state index in [0.29, 0.717) is 44.8 Å². The topological polar surface area (TPSA) is 45.5 Å². The van der Waals surface area contributed by atoms with E-state index in [0.717, 1.165) is 43.5 Å². The van der Waals surface area contributed by atoms with Gasteiger partial charge in [-0.2, -0.15) is 31.4 Å². The highest BCUT2D eigenvalue weighted by atomic mass is 19.4. The highest BCUT2D eigenvalue weighted by Crippen LogP contribution is 2.39. The van der Waals surface area contributed by atoms with Crippen LogP contribution in [-0.4, -0.2) is 25.6 Å². The summed E-state index contributed by atoms with van der Waals surface area (Å²) >= 11 is 0. The quantitative estimate of drug-likeness (QED) is 0.158. The summed E-state index contributed by atoms with van der Waals surface area (Å²) in [6.45, 7) is 8.50. The van der Waals surface area contributed by atoms with Crippen LogP contribution in [0.1, 0.15) is 58.1 Å². The summed E-state index contributed by atoms with van der Waals surface area (Å²) in [7, 11) is 0. The first kappa shape index (κ1) is 31.4. The summed E-state index contributed by atoms with van der Waals surface area (Å²) in [5, 5.41) is 11.0. The fraction of sp³-hybridized carbons (Fsp3) is 0.314. The number of para-hydroxylation sites is 2. The first-order valence-electron chi connectivity index (χ1n) is 15.0. The predicted octanol–water partition coefficient (Wildman–Crippen LogP) is 9.77. The summed E-state index contributed by atoms with van der Waals surface area (Å²) < 4.78 is 82.0. The second-order valence-corrected chi connectivity index (χ2v) is 12.9. The van der Waals surface area contributed by atoms with E-state index in [1.807, 2.05) is 34.9 Å². The van der Waals surface area contributed by atoms with Gasteiger partial charge >= 0.3 is 12.4 Å². The van der Waals surface area contributed by atoms with Crippen LogP contribution in [0.4, 0.5) is 37.7 Å². The van der Waals surface area contributed by atoms with Crippen LogP contribution < -0.4 is 10.7 Å². The molecule has 1 fully saturated rings. The number of benzene rings is 4. The molecule has 0 unspecified atom stereocenters. The van der Waals surface area contributed by atoms with Crippen molar-refractivity contribution in [2.24, 2.45) is 5.10 Å². The van der Waals surface area contributed by atoms with E-state index in [1.165, 1.54) is 24.3 Å². The zero-order valence-electron chi connectivity index (χ0n) is 25.8. The average molecular weight is 638 g/mol. The smallest absolute Gasteiger partial charge is 0.354 e. The summed E-state index contributed by atoms with van der Waals surface area (Å²) in [5.74, 6) is 0. The molecule has 1 aliphatic carbocycles. The molecule has 0 aromatic heterocycles. The van der Waals surface area contributed by atoms with Gasteiger partial charge in [-0.3, -0.25) is 5.01 Å². The molecule has 46 heavy (non-hydrogen) atoms. The number of halogens is 6. The molecule has 0 spiro atoms. The van der Waals surface area contributed by atoms with Gasteiger partial charge in [-0.25, -0.2) is 4.98 Å². The first-order valence-corrected chi connectivity index (χ1v) is 15.0. The Kier molecular flexibility index (Phi) is 7.56. The molecule has 1 saturated heterocycles. The molecule has 0 amide bonds. The Morgan fingerprint density at radius 3 is 1.89 bits per heavy atom. The number of alkyl halides is 6. The molecule has 6 rings (SSSR count). The van der Waals surface area contributed by atoms with Crippen molar-refractivity contribution in [1.29, 1.82) is 0 Å². The average Bonchev–Trinajstić information content (AvgIpc) is 2.97. The Morgan fingerprint density at radius 2 is 1.30 bits per heavy atom. The Morgan fingerprint density at radius 1 is 0.739 bits per heavy atom. The highest BCUT2D eigenvalue weighted by Gasteiger charge is 2.41. The number of hydrogen-bond donors (Lipinski definition) is 1. The number of nitrogens with one attached hydrogen (secondary N) is 1. The lowest BCUT2D eigenvalue weighted by Gasteiger charge is -2.51. The molecule has 1 N–H and O–H groups in total. The molecule has 5 nitrogen and oxygen atoms in total. The number of anilines is 2. The maximum Gasteiger partial charge on any atom is 0.416 e. The van der Waals surface area contributed by atoms with Gasteiger partial charge in [-0.05, 0) is 120 Å². The Labute approximate surface area is 262 Å². The van der Waals surface area contributed by atoms with Crippen molar-refractivity contribution in [3.63, 3.8) is 0 Å². The fourth-order valence-corrected chi connectivity index (χ4v) is 6.36. The maximum atomic E-state index is 13.4. The second kappa shape index (κ2) is 11.1. The number of nitrogens with zero attached hydrogens (tertiary/aromatic N) is 4. The molecule has 240 valence electrons. The van der Waals surface area contributed by atoms with Crippen LogP contribution in [0.15, 0.2) is 90.0 Å². The lowest BCUT2D eigenvalue weighted by Crippen LogP contribution is -2.56. The van der Waals surface area contributed by atoms with Crippen LogP contribution >= 0.6 is 0 Å². The van der Waals surface area contributed by atoms with E-state index < -0.39 is 23.5 Å². The molecule has 0 radical (unpaired) electrons. The standard InChI is InChI=1S/C35H33F6N5/c1-32(2)18-7-19-33(3,4)46(32)44-28-21-31-29(20-27(28)42-24-14-10-22(11-15-24)34(36,37)38)43-26-8-5-6-9-30(26)45(31)25-16-12-23(13-17-25)35(39,40)41/h5-6,8-17,20-21,42H,7,18-19H2,1-4H3. The normalized spacial score (nSPS) is 17.1. The van der Waals surface area contributed by atoms with Gasteiger partial charge in [0.15, 0.2) is 0 Å². The summed E-state index contributed by atoms with van der Waals surface area (Å²) in [6, 6.07) is 20.6. The van der Waals surface area contributed by atoms with Crippen LogP contribution in [0.25, 0.3) is 28.1 Å². The lowest BCUT2D eigenvalue weighted by molar-refractivity contribution is -0.138. The van der Waals surface area contributed by atoms with Crippen molar-refractivity contribution in [1.82, 2.24) is 14.6 Å². The largest absolute Gasteiger partial charge is 0.416 e. The van der Waals surface area contributed by atoms with Crippen molar-refractivity contribution >= 4 is 22.4 Å². The summed E-state index contributed by atoms with van der Waals surface area (Å²) in [6.07, 6.45) is -6.10. The number of aromatic nitrogens is 2. The third-order valence-electron chi connectivity index (χ3n) is 8.57. The summed E-state index contributed by atoms with van der Waals surface area (Å²) in [4.78, 5) is 4.87. The highest BCUT2D eigenvalue weighted by molar-refractivity contribution is 5.84. The first-order chi connectivity index (χ1) is 21.5. The molecule has 2 heterocycles. The molecular formula is C35H33F6N5. The third-order valence-corrected chi connectivity index (χ3v) is 8.57. The molecule has 0 bridgehead atoms. The minimum Gasteiger partial charge on any atom is -0.354 e. The van der Waals surface area contributed by atoms with E-state index in [1.54, 1.807) is 6.07 Å². The summed E-state index contributed by atoms with van der Waals surface area (Å²) in [5.41, 5.74) is 1.75. The molecule has 3 aliphatic rings. The van der Waals surface area contributed by atoms with E-state index >= 15 is 0 Å². The van der Waals surface area contributed by atoms with E-state index in [2.05, 4.69) is 38.0 Å². The zero-order valence-corrected chi connectivity index (χ0v) is 25.8. The van der Waals surface area contributed by atoms with Gasteiger partial charge in [-0.15, -0.1) is 0 Å². The van der Waals surface area contributed by atoms with Crippen LogP contribution in [0.3, 0.4) is 0 Å². The van der Waals surface area contributed by atoms with Gasteiger partial charge in [-0.1, -0.05) is 12.1 Å². The second-order valence-electron chi connectivity index (χ2n) is 12.9. The maximum absolute atomic E-state index is 13.4. The predicted molar refractivity (Wildman–Crippen MR) is 167 cm³/mol. The van der Waals surface area contributed by atoms with E-state index in [4.69, 9.17) is 10.1 Å². The SMILES string of the molecule is CC1(C)CCCC(C)(C)N1N=c1cc2n(-c3ccc(C(F)(F)F)cc3)c3ccccc3nc-2cc1Nc1ccc(C(F)(F)F)cc1. The third kappa shape index (κ3) is 6.02. The van der Waals surface area contributed by atoms with E-state index in [9.17, 15) is 26.3 Å². The zero-order chi connectivity index (χ0) is 33.1. The lowest BCUT2D eigenvalue weighted by atomic mass is 9.82. The fourth-order valence-electron chi connectivity index (χ4n) is 6.36. The van der Waals surface area contributed by atoms with Gasteiger partial charge in [0.05, 0.1) is 50.3 Å². The van der Waals surface area contributed by atoms with Crippen LogP contribution in [-0.2, 0) is 12.4 Å². The van der Waals surface area contributed by atoms with Gasteiger partial charge in [0.1, 0.15) is 5.36 Å². The molecule has 0 atom stereocenters. The number of rotatable bonds is 4. The molecular weight excluding hydrogens is 604 g/mol.